The zero-order valence-corrected chi connectivity index (χ0v) is 17.5. The smallest absolute Gasteiger partial charge is 0.321 e. The molecular formula is C19H29ClN4O3. The summed E-state index contributed by atoms with van der Waals surface area (Å²) < 4.78 is 0. The molecular weight excluding hydrogens is 368 g/mol. The number of imide groups is 1. The Kier molecular flexibility index (Phi) is 7.65. The molecule has 1 aromatic carbocycles. The van der Waals surface area contributed by atoms with Crippen LogP contribution in [0.4, 0.5) is 10.5 Å². The van der Waals surface area contributed by atoms with Crippen molar-refractivity contribution in [3.63, 3.8) is 0 Å². The molecule has 27 heavy (non-hydrogen) atoms. The maximum absolute atomic E-state index is 12.3. The molecule has 0 atom stereocenters. The van der Waals surface area contributed by atoms with Gasteiger partial charge in [-0.1, -0.05) is 18.5 Å². The van der Waals surface area contributed by atoms with E-state index in [2.05, 4.69) is 21.3 Å². The van der Waals surface area contributed by atoms with Crippen LogP contribution in [0.1, 0.15) is 58.3 Å². The van der Waals surface area contributed by atoms with Gasteiger partial charge in [0.15, 0.2) is 0 Å². The third kappa shape index (κ3) is 8.30. The highest BCUT2D eigenvalue weighted by atomic mass is 35.5. The van der Waals surface area contributed by atoms with Crippen LogP contribution < -0.4 is 21.3 Å². The summed E-state index contributed by atoms with van der Waals surface area (Å²) in [5.74, 6) is -0.741. The summed E-state index contributed by atoms with van der Waals surface area (Å²) in [5, 5.41) is 10.9. The Bertz CT molecular complexity index is 711. The van der Waals surface area contributed by atoms with Gasteiger partial charge in [0.25, 0.3) is 5.91 Å². The highest BCUT2D eigenvalue weighted by Gasteiger charge is 2.20. The van der Waals surface area contributed by atoms with Crippen LogP contribution in [-0.4, -0.2) is 35.5 Å². The summed E-state index contributed by atoms with van der Waals surface area (Å²) in [5.41, 5.74) is 0.160. The quantitative estimate of drug-likeness (QED) is 0.592. The van der Waals surface area contributed by atoms with E-state index in [1.165, 1.54) is 0 Å². The maximum atomic E-state index is 12.3. The van der Waals surface area contributed by atoms with E-state index in [4.69, 9.17) is 11.6 Å². The second kappa shape index (κ2) is 9.08. The van der Waals surface area contributed by atoms with Crippen LogP contribution in [0.15, 0.2) is 18.2 Å². The Hall–Kier alpha value is -2.28. The van der Waals surface area contributed by atoms with Crippen LogP contribution >= 0.6 is 11.6 Å². The van der Waals surface area contributed by atoms with Gasteiger partial charge in [-0.15, -0.1) is 0 Å². The first kappa shape index (κ1) is 22.8. The maximum Gasteiger partial charge on any atom is 0.321 e. The number of carbonyl (C=O) groups is 3. The molecule has 7 nitrogen and oxygen atoms in total. The second-order valence-corrected chi connectivity index (χ2v) is 8.40. The minimum Gasteiger partial charge on any atom is -0.376 e. The first-order valence-electron chi connectivity index (χ1n) is 8.81. The zero-order valence-electron chi connectivity index (χ0n) is 16.7. The summed E-state index contributed by atoms with van der Waals surface area (Å²) in [4.78, 5) is 35.8. The Morgan fingerprint density at radius 1 is 1.04 bits per heavy atom. The predicted octanol–water partition coefficient (Wildman–Crippen LogP) is 3.29. The Labute approximate surface area is 165 Å². The van der Waals surface area contributed by atoms with Crippen LogP contribution in [0.5, 0.6) is 0 Å². The van der Waals surface area contributed by atoms with Crippen molar-refractivity contribution in [1.82, 2.24) is 16.0 Å². The van der Waals surface area contributed by atoms with Gasteiger partial charge in [0, 0.05) is 16.8 Å². The molecule has 0 aliphatic heterocycles. The number of hydrogen-bond donors (Lipinski definition) is 4. The van der Waals surface area contributed by atoms with Gasteiger partial charge in [0.05, 0.1) is 17.1 Å². The van der Waals surface area contributed by atoms with Crippen LogP contribution in [0.3, 0.4) is 0 Å². The molecule has 0 saturated heterocycles. The molecule has 0 aliphatic rings. The average molecular weight is 397 g/mol. The molecule has 0 aromatic heterocycles. The third-order valence-corrected chi connectivity index (χ3v) is 4.06. The average Bonchev–Trinajstić information content (AvgIpc) is 2.50. The molecule has 0 heterocycles. The number of anilines is 1. The molecule has 150 valence electrons. The van der Waals surface area contributed by atoms with E-state index >= 15 is 0 Å². The van der Waals surface area contributed by atoms with Crippen LogP contribution in [0.2, 0.25) is 5.02 Å². The Balaban J connectivity index is 2.63. The van der Waals surface area contributed by atoms with Crippen LogP contribution in [0, 0.1) is 0 Å². The van der Waals surface area contributed by atoms with Gasteiger partial charge in [-0.2, -0.15) is 0 Å². The fraction of sp³-hybridized carbons (Fsp3) is 0.526. The second-order valence-electron chi connectivity index (χ2n) is 7.99. The minimum absolute atomic E-state index is 0.109. The van der Waals surface area contributed by atoms with Crippen LogP contribution in [0.25, 0.3) is 0 Å². The van der Waals surface area contributed by atoms with E-state index in [1.807, 2.05) is 41.5 Å². The van der Waals surface area contributed by atoms with Gasteiger partial charge in [0.2, 0.25) is 5.91 Å². The third-order valence-electron chi connectivity index (χ3n) is 3.74. The number of halogens is 1. The summed E-state index contributed by atoms with van der Waals surface area (Å²) in [6.07, 6.45) is 0.786. The van der Waals surface area contributed by atoms with Gasteiger partial charge in [0.1, 0.15) is 0 Å². The summed E-state index contributed by atoms with van der Waals surface area (Å²) in [6, 6.07) is 4.26. The van der Waals surface area contributed by atoms with Crippen molar-refractivity contribution >= 4 is 35.1 Å². The van der Waals surface area contributed by atoms with E-state index in [0.717, 1.165) is 6.42 Å². The van der Waals surface area contributed by atoms with Gasteiger partial charge >= 0.3 is 6.03 Å². The zero-order chi connectivity index (χ0) is 20.8. The number of amides is 4. The molecule has 1 aromatic rings. The molecule has 0 spiro atoms. The molecule has 0 unspecified atom stereocenters. The van der Waals surface area contributed by atoms with Gasteiger partial charge < -0.3 is 16.0 Å². The lowest BCUT2D eigenvalue weighted by Crippen LogP contribution is -2.49. The summed E-state index contributed by atoms with van der Waals surface area (Å²) >= 11 is 6.20. The molecule has 0 radical (unpaired) electrons. The number of nitrogens with one attached hydrogen (secondary N) is 4. The first-order chi connectivity index (χ1) is 12.3. The lowest BCUT2D eigenvalue weighted by Gasteiger charge is -2.24. The fourth-order valence-electron chi connectivity index (χ4n) is 2.00. The molecule has 0 aliphatic carbocycles. The summed E-state index contributed by atoms with van der Waals surface area (Å²) in [6.45, 7) is 11.2. The summed E-state index contributed by atoms with van der Waals surface area (Å²) in [7, 11) is 0. The van der Waals surface area contributed by atoms with E-state index in [9.17, 15) is 14.4 Å². The predicted molar refractivity (Wildman–Crippen MR) is 108 cm³/mol. The van der Waals surface area contributed by atoms with E-state index in [0.29, 0.717) is 11.3 Å². The van der Waals surface area contributed by atoms with Crippen molar-refractivity contribution < 1.29 is 14.4 Å². The van der Waals surface area contributed by atoms with Crippen molar-refractivity contribution in [1.29, 1.82) is 0 Å². The topological polar surface area (TPSA) is 99.3 Å². The Morgan fingerprint density at radius 3 is 2.19 bits per heavy atom. The van der Waals surface area contributed by atoms with Crippen LogP contribution in [-0.2, 0) is 4.79 Å². The van der Waals surface area contributed by atoms with Gasteiger partial charge in [-0.3, -0.25) is 14.9 Å². The molecule has 4 N–H and O–H groups in total. The van der Waals surface area contributed by atoms with Crippen molar-refractivity contribution in [2.75, 3.05) is 11.9 Å². The lowest BCUT2D eigenvalue weighted by molar-refractivity contribution is -0.118. The van der Waals surface area contributed by atoms with Crippen molar-refractivity contribution in [2.45, 2.75) is 59.0 Å². The number of carbonyl (C=O) groups excluding carboxylic acids is 3. The molecule has 4 amide bonds. The monoisotopic (exact) mass is 396 g/mol. The molecule has 1 rings (SSSR count). The van der Waals surface area contributed by atoms with Crippen molar-refractivity contribution in [2.24, 2.45) is 0 Å². The van der Waals surface area contributed by atoms with E-state index < -0.39 is 17.5 Å². The highest BCUT2D eigenvalue weighted by Crippen LogP contribution is 2.22. The SMILES string of the molecule is CCC(C)(C)NC(=O)c1ccc(NCC(=O)NC(=O)NC(C)(C)C)cc1Cl. The minimum atomic E-state index is -0.558. The van der Waals surface area contributed by atoms with Crippen molar-refractivity contribution in [3.05, 3.63) is 28.8 Å². The number of hydrogen-bond acceptors (Lipinski definition) is 4. The molecule has 0 saturated carbocycles. The molecule has 0 bridgehead atoms. The van der Waals surface area contributed by atoms with Gasteiger partial charge in [-0.05, 0) is 59.2 Å². The highest BCUT2D eigenvalue weighted by molar-refractivity contribution is 6.34. The normalized spacial score (nSPS) is 11.5. The standard InChI is InChI=1S/C19H29ClN4O3/c1-7-19(5,6)23-16(26)13-9-8-12(10-14(13)20)21-11-15(25)22-17(27)24-18(2,3)4/h8-10,21H,7,11H2,1-6H3,(H,23,26)(H2,22,24,25,27). The lowest BCUT2D eigenvalue weighted by atomic mass is 10.0. The van der Waals surface area contributed by atoms with Crippen molar-refractivity contribution in [3.8, 4) is 0 Å². The van der Waals surface area contributed by atoms with Gasteiger partial charge in [-0.25, -0.2) is 4.79 Å². The number of urea groups is 1. The fourth-order valence-corrected chi connectivity index (χ4v) is 2.26. The number of rotatable bonds is 6. The molecule has 8 heteroatoms. The Morgan fingerprint density at radius 2 is 1.67 bits per heavy atom. The van der Waals surface area contributed by atoms with E-state index in [1.54, 1.807) is 18.2 Å². The molecule has 0 fully saturated rings. The van der Waals surface area contributed by atoms with E-state index in [-0.39, 0.29) is 23.0 Å². The number of benzene rings is 1. The largest absolute Gasteiger partial charge is 0.376 e. The first-order valence-corrected chi connectivity index (χ1v) is 9.19.